The summed E-state index contributed by atoms with van der Waals surface area (Å²) in [6.07, 6.45) is 9.17. The highest BCUT2D eigenvalue weighted by molar-refractivity contribution is 6.01. The molecule has 0 spiro atoms. The molecule has 8 nitrogen and oxygen atoms in total. The molecule has 3 aliphatic rings. The van der Waals surface area contributed by atoms with Crippen LogP contribution in [0.3, 0.4) is 0 Å². The minimum Gasteiger partial charge on any atom is -0.477 e. The number of amides is 2. The predicted molar refractivity (Wildman–Crippen MR) is 153 cm³/mol. The number of rotatable bonds is 9. The lowest BCUT2D eigenvalue weighted by molar-refractivity contribution is -0.142. The molecule has 2 saturated carbocycles. The number of benzene rings is 1. The van der Waals surface area contributed by atoms with Gasteiger partial charge in [0.1, 0.15) is 25.1 Å². The van der Waals surface area contributed by atoms with Crippen LogP contribution in [0.25, 0.3) is 10.9 Å². The summed E-state index contributed by atoms with van der Waals surface area (Å²) in [4.78, 5) is 41.3. The molecule has 4 N–H and O–H groups in total. The highest BCUT2D eigenvalue weighted by atomic mass is 19.1. The molecule has 3 fully saturated rings. The van der Waals surface area contributed by atoms with Gasteiger partial charge >= 0.3 is 5.97 Å². The second kappa shape index (κ2) is 12.9. The fourth-order valence-electron chi connectivity index (χ4n) is 7.68. The summed E-state index contributed by atoms with van der Waals surface area (Å²) in [6, 6.07) is 5.55. The quantitative estimate of drug-likeness (QED) is 0.384. The topological polar surface area (TPSA) is 118 Å². The number of carboxylic acid groups (broad SMARTS) is 1. The third kappa shape index (κ3) is 6.12. The summed E-state index contributed by atoms with van der Waals surface area (Å²) in [5.41, 5.74) is 7.02. The van der Waals surface area contributed by atoms with Crippen LogP contribution in [0.5, 0.6) is 0 Å². The first-order valence-corrected chi connectivity index (χ1v) is 15.2. The molecule has 3 atom stereocenters. The monoisotopic (exact) mass is 572 g/mol. The average molecular weight is 573 g/mol. The van der Waals surface area contributed by atoms with Crippen molar-refractivity contribution < 1.29 is 28.3 Å². The number of likely N-dealkylation sites (tertiary alicyclic amines) is 1. The number of nitrogens with two attached hydrogens (primary N) is 1. The number of carboxylic acids is 1. The third-order valence-corrected chi connectivity index (χ3v) is 9.85. The SMILES string of the molecule is N[C@H](CF)[C@H]1CC[C@H](C(=O)N2CC[C@@H](C3CCCCC3)[C@H]2C(=O)Nc2ccc3c(c2)cc(C(=O)O)n3CCF)CC1. The Morgan fingerprint density at radius 2 is 1.73 bits per heavy atom. The summed E-state index contributed by atoms with van der Waals surface area (Å²) in [5.74, 6) is -0.959. The van der Waals surface area contributed by atoms with Crippen LogP contribution in [0.4, 0.5) is 14.5 Å². The lowest BCUT2D eigenvalue weighted by Crippen LogP contribution is -2.50. The molecule has 10 heteroatoms. The highest BCUT2D eigenvalue weighted by Crippen LogP contribution is 2.41. The van der Waals surface area contributed by atoms with Crippen molar-refractivity contribution in [3.05, 3.63) is 30.0 Å². The molecule has 41 heavy (non-hydrogen) atoms. The number of aromatic nitrogens is 1. The maximum absolute atomic E-state index is 14.0. The molecule has 0 unspecified atom stereocenters. The predicted octanol–water partition coefficient (Wildman–Crippen LogP) is 5.15. The third-order valence-electron chi connectivity index (χ3n) is 9.85. The van der Waals surface area contributed by atoms with Gasteiger partial charge in [-0.2, -0.15) is 0 Å². The highest BCUT2D eigenvalue weighted by Gasteiger charge is 2.47. The average Bonchev–Trinajstić information content (AvgIpc) is 3.59. The van der Waals surface area contributed by atoms with E-state index in [2.05, 4.69) is 5.32 Å². The largest absolute Gasteiger partial charge is 0.477 e. The van der Waals surface area contributed by atoms with Gasteiger partial charge in [-0.1, -0.05) is 32.1 Å². The number of nitrogens with zero attached hydrogens (tertiary/aromatic N) is 2. The molecule has 1 aromatic carbocycles. The van der Waals surface area contributed by atoms with Crippen molar-refractivity contribution >= 4 is 34.4 Å². The minimum absolute atomic E-state index is 0.00625. The molecule has 2 aliphatic carbocycles. The summed E-state index contributed by atoms with van der Waals surface area (Å²) in [5, 5.41) is 13.2. The number of hydrogen-bond acceptors (Lipinski definition) is 4. The molecule has 0 bridgehead atoms. The lowest BCUT2D eigenvalue weighted by Gasteiger charge is -2.36. The van der Waals surface area contributed by atoms with Crippen molar-refractivity contribution in [2.75, 3.05) is 25.2 Å². The molecule has 1 saturated heterocycles. The second-order valence-corrected chi connectivity index (χ2v) is 12.2. The van der Waals surface area contributed by atoms with Crippen molar-refractivity contribution in [1.29, 1.82) is 0 Å². The van der Waals surface area contributed by atoms with Crippen molar-refractivity contribution in [3.63, 3.8) is 0 Å². The molecular formula is C31H42F2N4O4. The number of fused-ring (bicyclic) bond motifs is 1. The van der Waals surface area contributed by atoms with Crippen LogP contribution in [0.15, 0.2) is 24.3 Å². The first kappa shape index (κ1) is 29.5. The van der Waals surface area contributed by atoms with Crippen LogP contribution >= 0.6 is 0 Å². The molecular weight excluding hydrogens is 530 g/mol. The molecule has 1 aliphatic heterocycles. The zero-order chi connectivity index (χ0) is 29.1. The Labute approximate surface area is 239 Å². The van der Waals surface area contributed by atoms with E-state index in [9.17, 15) is 28.3 Å². The number of nitrogens with one attached hydrogen (secondary N) is 1. The van der Waals surface area contributed by atoms with Gasteiger partial charge in [0.05, 0.1) is 6.54 Å². The van der Waals surface area contributed by atoms with Gasteiger partial charge < -0.3 is 25.6 Å². The van der Waals surface area contributed by atoms with E-state index in [1.807, 2.05) is 0 Å². The van der Waals surface area contributed by atoms with Crippen molar-refractivity contribution in [2.45, 2.75) is 82.8 Å². The Morgan fingerprint density at radius 3 is 2.39 bits per heavy atom. The van der Waals surface area contributed by atoms with Crippen molar-refractivity contribution in [3.8, 4) is 0 Å². The van der Waals surface area contributed by atoms with Gasteiger partial charge in [-0.3, -0.25) is 9.59 Å². The second-order valence-electron chi connectivity index (χ2n) is 12.2. The number of hydrogen-bond donors (Lipinski definition) is 3. The van der Waals surface area contributed by atoms with E-state index in [0.29, 0.717) is 41.9 Å². The van der Waals surface area contributed by atoms with Gasteiger partial charge in [-0.15, -0.1) is 0 Å². The smallest absolute Gasteiger partial charge is 0.352 e. The summed E-state index contributed by atoms with van der Waals surface area (Å²) in [7, 11) is 0. The van der Waals surface area contributed by atoms with Gasteiger partial charge in [0.25, 0.3) is 0 Å². The number of carbonyl (C=O) groups is 3. The van der Waals surface area contributed by atoms with E-state index < -0.39 is 31.4 Å². The Bertz CT molecular complexity index is 1250. The number of anilines is 1. The van der Waals surface area contributed by atoms with Gasteiger partial charge in [0, 0.05) is 35.1 Å². The van der Waals surface area contributed by atoms with Gasteiger partial charge in [0.15, 0.2) is 0 Å². The summed E-state index contributed by atoms with van der Waals surface area (Å²) in [6.45, 7) is -0.762. The number of alkyl halides is 2. The first-order chi connectivity index (χ1) is 19.8. The van der Waals surface area contributed by atoms with Gasteiger partial charge in [-0.25, -0.2) is 13.6 Å². The molecule has 5 rings (SSSR count). The van der Waals surface area contributed by atoms with Crippen LogP contribution in [-0.4, -0.2) is 64.3 Å². The molecule has 2 amide bonds. The molecule has 224 valence electrons. The zero-order valence-electron chi connectivity index (χ0n) is 23.6. The number of aryl methyl sites for hydroxylation is 1. The molecule has 2 heterocycles. The molecule has 2 aromatic rings. The normalized spacial score (nSPS) is 26.3. The van der Waals surface area contributed by atoms with Crippen LogP contribution in [0, 0.1) is 23.7 Å². The van der Waals surface area contributed by atoms with Crippen LogP contribution in [-0.2, 0) is 16.1 Å². The van der Waals surface area contributed by atoms with Crippen LogP contribution < -0.4 is 11.1 Å². The maximum Gasteiger partial charge on any atom is 0.352 e. The maximum atomic E-state index is 14.0. The van der Waals surface area contributed by atoms with Gasteiger partial charge in [-0.05, 0) is 74.1 Å². The van der Waals surface area contributed by atoms with E-state index in [4.69, 9.17) is 5.73 Å². The van der Waals surface area contributed by atoms with E-state index >= 15 is 0 Å². The lowest BCUT2D eigenvalue weighted by atomic mass is 9.76. The van der Waals surface area contributed by atoms with E-state index in [-0.39, 0.29) is 41.8 Å². The Morgan fingerprint density at radius 1 is 1.00 bits per heavy atom. The summed E-state index contributed by atoms with van der Waals surface area (Å²) >= 11 is 0. The Balaban J connectivity index is 1.36. The van der Waals surface area contributed by atoms with Crippen molar-refractivity contribution in [2.24, 2.45) is 29.4 Å². The fourth-order valence-corrected chi connectivity index (χ4v) is 7.68. The van der Waals surface area contributed by atoms with E-state index in [0.717, 1.165) is 44.9 Å². The zero-order valence-corrected chi connectivity index (χ0v) is 23.6. The van der Waals surface area contributed by atoms with E-state index in [1.165, 1.54) is 17.1 Å². The molecule has 1 aromatic heterocycles. The Hall–Kier alpha value is -3.01. The summed E-state index contributed by atoms with van der Waals surface area (Å²) < 4.78 is 27.7. The first-order valence-electron chi connectivity index (χ1n) is 15.2. The number of halogens is 2. The van der Waals surface area contributed by atoms with Crippen molar-refractivity contribution in [1.82, 2.24) is 9.47 Å². The van der Waals surface area contributed by atoms with Crippen LogP contribution in [0.2, 0.25) is 0 Å². The van der Waals surface area contributed by atoms with Gasteiger partial charge in [0.2, 0.25) is 11.8 Å². The fraction of sp³-hybridized carbons (Fsp3) is 0.645. The number of carbonyl (C=O) groups excluding carboxylic acids is 2. The number of aromatic carboxylic acids is 1. The Kier molecular flexibility index (Phi) is 9.26. The van der Waals surface area contributed by atoms with Crippen LogP contribution in [0.1, 0.15) is 74.7 Å². The van der Waals surface area contributed by atoms with E-state index in [1.54, 1.807) is 23.1 Å². The minimum atomic E-state index is -1.14. The molecule has 0 radical (unpaired) electrons. The standard InChI is InChI=1S/C31H42F2N4O4/c32-13-15-36-26-11-10-23(16-22(26)17-27(36)31(40)41)35-29(38)28-24(19-4-2-1-3-5-19)12-14-37(28)30(39)21-8-6-20(7-9-21)25(34)18-33/h10-11,16-17,19-21,24-25,28H,1-9,12-15,18,34H2,(H,35,38)(H,40,41)/t20-,21-,24-,25+,28-/m0/s1.